The Balaban J connectivity index is 1.29. The van der Waals surface area contributed by atoms with Crippen LogP contribution in [0.15, 0.2) is 140 Å². The fourth-order valence-electron chi connectivity index (χ4n) is 8.29. The van der Waals surface area contributed by atoms with Crippen molar-refractivity contribution in [2.75, 3.05) is 38.0 Å². The number of rotatable bonds is 7. The maximum Gasteiger partial charge on any atom is 0.238 e. The lowest BCUT2D eigenvalue weighted by molar-refractivity contribution is -0.117. The van der Waals surface area contributed by atoms with Crippen LogP contribution in [0, 0.1) is 0 Å². The molecule has 4 N–H and O–H groups in total. The van der Waals surface area contributed by atoms with Crippen molar-refractivity contribution in [3.05, 3.63) is 162 Å². The summed E-state index contributed by atoms with van der Waals surface area (Å²) in [6.45, 7) is 3.77. The first-order chi connectivity index (χ1) is 28.7. The highest BCUT2D eigenvalue weighted by molar-refractivity contribution is 6.03. The van der Waals surface area contributed by atoms with Gasteiger partial charge in [-0.05, 0) is 71.3 Å². The predicted octanol–water partition coefficient (Wildman–Crippen LogP) is 10.2. The smallest absolute Gasteiger partial charge is 0.238 e. The number of carbonyl (C=O) groups is 1. The maximum absolute atomic E-state index is 13.6. The number of nitrogens with one attached hydrogen (secondary N) is 4. The minimum Gasteiger partial charge on any atom is -0.354 e. The molecule has 1 saturated heterocycles. The topological polar surface area (TPSA) is 102 Å². The molecule has 3 aliphatic heterocycles. The number of H-pyrrole nitrogens is 2. The molecule has 6 heterocycles. The molecule has 0 spiro atoms. The van der Waals surface area contributed by atoms with E-state index in [1.807, 2.05) is 36.4 Å². The molecule has 4 aromatic carbocycles. The molecule has 8 heteroatoms. The summed E-state index contributed by atoms with van der Waals surface area (Å²) in [4.78, 5) is 34.3. The van der Waals surface area contributed by atoms with Crippen molar-refractivity contribution in [1.82, 2.24) is 30.2 Å². The van der Waals surface area contributed by atoms with Gasteiger partial charge in [-0.3, -0.25) is 9.69 Å². The van der Waals surface area contributed by atoms with E-state index in [0.717, 1.165) is 121 Å². The van der Waals surface area contributed by atoms with Crippen LogP contribution < -0.4 is 10.6 Å². The molecule has 0 radical (unpaired) electrons. The molecule has 7 aromatic rings. The number of hydrogen-bond acceptors (Lipinski definition) is 5. The Morgan fingerprint density at radius 2 is 0.897 bits per heavy atom. The van der Waals surface area contributed by atoms with Gasteiger partial charge in [0.1, 0.15) is 0 Å². The highest BCUT2D eigenvalue weighted by Crippen LogP contribution is 2.39. The maximum atomic E-state index is 13.6. The largest absolute Gasteiger partial charge is 0.354 e. The Bertz CT molecular complexity index is 2850. The first kappa shape index (κ1) is 35.3. The summed E-state index contributed by atoms with van der Waals surface area (Å²) >= 11 is 0. The van der Waals surface area contributed by atoms with Crippen LogP contribution in [0.5, 0.6) is 0 Å². The summed E-state index contributed by atoms with van der Waals surface area (Å²) in [7, 11) is 0. The van der Waals surface area contributed by atoms with Gasteiger partial charge in [0.05, 0.1) is 29.3 Å². The molecule has 3 aromatic heterocycles. The molecule has 0 unspecified atom stereocenters. The van der Waals surface area contributed by atoms with Crippen LogP contribution in [0.25, 0.3) is 90.9 Å². The summed E-state index contributed by atoms with van der Waals surface area (Å²) < 4.78 is 0. The Labute approximate surface area is 336 Å². The predicted molar refractivity (Wildman–Crippen MR) is 239 cm³/mol. The van der Waals surface area contributed by atoms with Crippen molar-refractivity contribution >= 4 is 58.0 Å². The lowest BCUT2D eigenvalue weighted by Gasteiger charge is -2.26. The normalized spacial score (nSPS) is 13.8. The number of carbonyl (C=O) groups excluding carboxylic acids is 1. The number of benzene rings is 4. The van der Waals surface area contributed by atoms with E-state index in [1.165, 1.54) is 0 Å². The zero-order valence-corrected chi connectivity index (χ0v) is 31.9. The van der Waals surface area contributed by atoms with Gasteiger partial charge in [0.15, 0.2) is 0 Å². The number of aromatic nitrogens is 4. The Morgan fingerprint density at radius 3 is 1.36 bits per heavy atom. The fourth-order valence-corrected chi connectivity index (χ4v) is 8.29. The van der Waals surface area contributed by atoms with E-state index in [-0.39, 0.29) is 5.91 Å². The average Bonchev–Trinajstić information content (AvgIpc) is 4.11. The molecule has 8 nitrogen and oxygen atoms in total. The number of nitrogens with zero attached hydrogens (tertiary/aromatic N) is 3. The third kappa shape index (κ3) is 6.85. The van der Waals surface area contributed by atoms with Gasteiger partial charge in [-0.1, -0.05) is 109 Å². The number of para-hydroxylation sites is 1. The molecular weight excluding hydrogens is 715 g/mol. The van der Waals surface area contributed by atoms with Gasteiger partial charge >= 0.3 is 0 Å². The molecule has 8 bridgehead atoms. The highest BCUT2D eigenvalue weighted by Gasteiger charge is 2.21. The number of aromatic amines is 2. The zero-order valence-electron chi connectivity index (χ0n) is 31.9. The Morgan fingerprint density at radius 1 is 0.500 bits per heavy atom. The first-order valence-corrected chi connectivity index (χ1v) is 19.8. The third-order valence-corrected chi connectivity index (χ3v) is 11.0. The zero-order chi connectivity index (χ0) is 38.8. The van der Waals surface area contributed by atoms with Crippen molar-refractivity contribution in [1.29, 1.82) is 0 Å². The lowest BCUT2D eigenvalue weighted by Crippen LogP contribution is -2.46. The number of anilines is 1. The van der Waals surface area contributed by atoms with Crippen molar-refractivity contribution in [3.8, 4) is 44.5 Å². The molecule has 58 heavy (non-hydrogen) atoms. The molecule has 3 aliphatic rings. The van der Waals surface area contributed by atoms with Gasteiger partial charge in [0, 0.05) is 81.8 Å². The second-order valence-electron chi connectivity index (χ2n) is 14.7. The molecule has 10 rings (SSSR count). The van der Waals surface area contributed by atoms with Crippen LogP contribution in [0.4, 0.5) is 5.69 Å². The van der Waals surface area contributed by atoms with Crippen LogP contribution in [0.2, 0.25) is 0 Å². The summed E-state index contributed by atoms with van der Waals surface area (Å²) in [6, 6.07) is 47.8. The van der Waals surface area contributed by atoms with Gasteiger partial charge in [-0.15, -0.1) is 0 Å². The van der Waals surface area contributed by atoms with E-state index < -0.39 is 0 Å². The molecule has 1 amide bonds. The van der Waals surface area contributed by atoms with Crippen LogP contribution in [0.3, 0.4) is 0 Å². The molecule has 1 fully saturated rings. The van der Waals surface area contributed by atoms with Gasteiger partial charge in [0.25, 0.3) is 0 Å². The number of hydrogen-bond donors (Lipinski definition) is 4. The molecule has 0 atom stereocenters. The number of amides is 1. The lowest BCUT2D eigenvalue weighted by atomic mass is 10.0. The Kier molecular flexibility index (Phi) is 9.39. The number of fused-ring (bicyclic) bond motifs is 8. The van der Waals surface area contributed by atoms with Gasteiger partial charge in [0.2, 0.25) is 5.91 Å². The third-order valence-electron chi connectivity index (χ3n) is 11.0. The van der Waals surface area contributed by atoms with Gasteiger partial charge in [-0.25, -0.2) is 9.97 Å². The van der Waals surface area contributed by atoms with Crippen molar-refractivity contribution < 1.29 is 4.79 Å². The van der Waals surface area contributed by atoms with Gasteiger partial charge in [-0.2, -0.15) is 0 Å². The summed E-state index contributed by atoms with van der Waals surface area (Å²) in [5.74, 6) is -0.0433. The monoisotopic (exact) mass is 755 g/mol. The highest BCUT2D eigenvalue weighted by atomic mass is 16.2. The second-order valence-corrected chi connectivity index (χ2v) is 14.7. The average molecular weight is 756 g/mol. The van der Waals surface area contributed by atoms with Crippen LogP contribution in [0.1, 0.15) is 22.8 Å². The van der Waals surface area contributed by atoms with Crippen LogP contribution in [-0.2, 0) is 4.79 Å². The standard InChI is InChI=1S/C50H41N7O/c58-46(32-57-30-28-51-29-31-57)56-37-19-11-10-18-36(37)50-44-26-24-42(54-44)48(34-14-6-2-7-15-34)40-22-20-38(52-40)47(33-12-4-1-5-13-33)39-21-23-41(53-39)49(35-16-8-3-9-17-35)43-25-27-45(50)55-43/h1-27,51-52,55H,28-32H2,(H,56,58). The second kappa shape index (κ2) is 15.4. The molecular formula is C50H41N7O. The summed E-state index contributed by atoms with van der Waals surface area (Å²) in [6.07, 6.45) is 8.42. The minimum atomic E-state index is -0.0433. The van der Waals surface area contributed by atoms with Crippen LogP contribution >= 0.6 is 0 Å². The molecule has 282 valence electrons. The van der Waals surface area contributed by atoms with Crippen LogP contribution in [-0.4, -0.2) is 63.5 Å². The fraction of sp³-hybridized carbons (Fsp3) is 0.100. The van der Waals surface area contributed by atoms with Crippen molar-refractivity contribution in [2.24, 2.45) is 0 Å². The summed E-state index contributed by atoms with van der Waals surface area (Å²) in [5, 5.41) is 6.64. The number of piperazine rings is 1. The minimum absolute atomic E-state index is 0.0433. The SMILES string of the molecule is O=C(CN1CCNCC1)Nc1ccccc1-c1c2nc(c(-c3ccccc3)c3ccc([nH]3)c(-c3ccccc3)c3nc(c(-c4ccccc4)c4ccc1[nH]4)C=C3)C=C2. The van der Waals surface area contributed by atoms with E-state index in [2.05, 4.69) is 153 Å². The van der Waals surface area contributed by atoms with E-state index in [1.54, 1.807) is 0 Å². The molecule has 0 saturated carbocycles. The van der Waals surface area contributed by atoms with E-state index in [0.29, 0.717) is 6.54 Å². The molecule has 0 aliphatic carbocycles. The van der Waals surface area contributed by atoms with E-state index in [4.69, 9.17) is 9.97 Å². The van der Waals surface area contributed by atoms with Crippen molar-refractivity contribution in [3.63, 3.8) is 0 Å². The van der Waals surface area contributed by atoms with Crippen molar-refractivity contribution in [2.45, 2.75) is 0 Å². The Hall–Kier alpha value is -7.13. The van der Waals surface area contributed by atoms with E-state index in [9.17, 15) is 4.79 Å². The van der Waals surface area contributed by atoms with E-state index >= 15 is 0 Å². The first-order valence-electron chi connectivity index (χ1n) is 19.8. The van der Waals surface area contributed by atoms with Gasteiger partial charge < -0.3 is 20.6 Å². The quantitative estimate of drug-likeness (QED) is 0.130. The summed E-state index contributed by atoms with van der Waals surface area (Å²) in [5.41, 5.74) is 15.6.